The Morgan fingerprint density at radius 1 is 1.11 bits per heavy atom. The normalized spacial score (nSPS) is 11.0. The minimum absolute atomic E-state index is 0.00809. The summed E-state index contributed by atoms with van der Waals surface area (Å²) in [5.41, 5.74) is 1.91. The summed E-state index contributed by atoms with van der Waals surface area (Å²) in [6.45, 7) is 4.49. The molecule has 140 valence electrons. The Hall–Kier alpha value is -2.12. The van der Waals surface area contributed by atoms with E-state index in [1.807, 2.05) is 36.4 Å². The molecule has 27 heavy (non-hydrogen) atoms. The van der Waals surface area contributed by atoms with Crippen molar-refractivity contribution in [3.05, 3.63) is 70.0 Å². The van der Waals surface area contributed by atoms with Crippen LogP contribution in [-0.2, 0) is 6.61 Å². The number of nitrogens with zero attached hydrogens (tertiary/aromatic N) is 2. The minimum atomic E-state index is 0.00809. The summed E-state index contributed by atoms with van der Waals surface area (Å²) < 4.78 is 12.1. The van der Waals surface area contributed by atoms with E-state index >= 15 is 0 Å². The smallest absolute Gasteiger partial charge is 0.277 e. The van der Waals surface area contributed by atoms with Crippen molar-refractivity contribution in [3.8, 4) is 5.75 Å². The summed E-state index contributed by atoms with van der Waals surface area (Å²) in [7, 11) is 0. The Labute approximate surface area is 170 Å². The van der Waals surface area contributed by atoms with Gasteiger partial charge in [0.1, 0.15) is 5.75 Å². The molecule has 0 aliphatic rings. The van der Waals surface area contributed by atoms with Crippen LogP contribution in [0.15, 0.2) is 62.6 Å². The SMILES string of the molecule is CC(C)c1ccc(OCc2nnc(SCC(=O)c3ccc(Br)cc3)o2)cc1. The van der Waals surface area contributed by atoms with E-state index in [1.165, 1.54) is 17.3 Å². The van der Waals surface area contributed by atoms with Crippen molar-refractivity contribution in [2.24, 2.45) is 0 Å². The molecule has 0 amide bonds. The summed E-state index contributed by atoms with van der Waals surface area (Å²) in [5, 5.41) is 8.27. The summed E-state index contributed by atoms with van der Waals surface area (Å²) >= 11 is 4.57. The lowest BCUT2D eigenvalue weighted by Crippen LogP contribution is -2.01. The molecule has 0 spiro atoms. The summed E-state index contributed by atoms with van der Waals surface area (Å²) in [4.78, 5) is 12.2. The topological polar surface area (TPSA) is 65.2 Å². The Balaban J connectivity index is 1.49. The molecule has 1 aromatic heterocycles. The lowest BCUT2D eigenvalue weighted by molar-refractivity contribution is 0.102. The number of Topliss-reactive ketones (excluding diaryl/α,β-unsaturated/α-hetero) is 1. The fourth-order valence-electron chi connectivity index (χ4n) is 2.30. The number of aromatic nitrogens is 2. The van der Waals surface area contributed by atoms with E-state index in [1.54, 1.807) is 12.1 Å². The number of hydrogen-bond donors (Lipinski definition) is 0. The second kappa shape index (κ2) is 9.19. The molecule has 0 N–H and O–H groups in total. The minimum Gasteiger partial charge on any atom is -0.484 e. The molecule has 0 aliphatic carbocycles. The maximum absolute atomic E-state index is 12.2. The summed E-state index contributed by atoms with van der Waals surface area (Å²) in [5.74, 6) is 1.85. The van der Waals surface area contributed by atoms with Crippen molar-refractivity contribution >= 4 is 33.5 Å². The van der Waals surface area contributed by atoms with Crippen molar-refractivity contribution in [1.29, 1.82) is 0 Å². The van der Waals surface area contributed by atoms with Crippen molar-refractivity contribution in [2.45, 2.75) is 31.6 Å². The molecule has 3 aromatic rings. The van der Waals surface area contributed by atoms with Crippen molar-refractivity contribution in [3.63, 3.8) is 0 Å². The molecule has 7 heteroatoms. The van der Waals surface area contributed by atoms with Gasteiger partial charge in [0, 0.05) is 10.0 Å². The van der Waals surface area contributed by atoms with Gasteiger partial charge in [-0.05, 0) is 35.7 Å². The number of carbonyl (C=O) groups excluding carboxylic acids is 1. The molecule has 2 aromatic carbocycles. The number of benzene rings is 2. The number of carbonyl (C=O) groups is 1. The zero-order valence-corrected chi connectivity index (χ0v) is 17.4. The van der Waals surface area contributed by atoms with Gasteiger partial charge >= 0.3 is 0 Å². The van der Waals surface area contributed by atoms with E-state index in [9.17, 15) is 4.79 Å². The van der Waals surface area contributed by atoms with Crippen LogP contribution < -0.4 is 4.74 Å². The van der Waals surface area contributed by atoms with E-state index in [-0.39, 0.29) is 18.1 Å². The van der Waals surface area contributed by atoms with Gasteiger partial charge in [-0.1, -0.05) is 65.8 Å². The standard InChI is InChI=1S/C20H19BrN2O3S/c1-13(2)14-5-9-17(10-6-14)25-11-19-22-23-20(26-19)27-12-18(24)15-3-7-16(21)8-4-15/h3-10,13H,11-12H2,1-2H3. The molecule has 5 nitrogen and oxygen atoms in total. The predicted molar refractivity (Wildman–Crippen MR) is 108 cm³/mol. The maximum Gasteiger partial charge on any atom is 0.277 e. The maximum atomic E-state index is 12.2. The molecular formula is C20H19BrN2O3S. The van der Waals surface area contributed by atoms with Gasteiger partial charge in [-0.15, -0.1) is 10.2 Å². The molecule has 1 heterocycles. The third-order valence-corrected chi connectivity index (χ3v) is 5.20. The predicted octanol–water partition coefficient (Wildman–Crippen LogP) is 5.51. The molecular weight excluding hydrogens is 428 g/mol. The van der Waals surface area contributed by atoms with Crippen LogP contribution in [0, 0.1) is 0 Å². The molecule has 0 fully saturated rings. The van der Waals surface area contributed by atoms with Crippen LogP contribution in [0.1, 0.15) is 41.6 Å². The fraction of sp³-hybridized carbons (Fsp3) is 0.250. The first-order valence-electron chi connectivity index (χ1n) is 8.48. The molecule has 0 aliphatic heterocycles. The van der Waals surface area contributed by atoms with E-state index < -0.39 is 0 Å². The highest BCUT2D eigenvalue weighted by Gasteiger charge is 2.12. The lowest BCUT2D eigenvalue weighted by atomic mass is 10.0. The van der Waals surface area contributed by atoms with E-state index in [0.29, 0.717) is 22.6 Å². The number of hydrogen-bond acceptors (Lipinski definition) is 6. The zero-order valence-electron chi connectivity index (χ0n) is 15.0. The van der Waals surface area contributed by atoms with Gasteiger partial charge in [-0.3, -0.25) is 4.79 Å². The van der Waals surface area contributed by atoms with E-state index in [2.05, 4.69) is 40.0 Å². The Morgan fingerprint density at radius 3 is 2.48 bits per heavy atom. The van der Waals surface area contributed by atoms with Crippen LogP contribution in [0.3, 0.4) is 0 Å². The molecule has 0 atom stereocenters. The van der Waals surface area contributed by atoms with Crippen LogP contribution >= 0.6 is 27.7 Å². The number of halogens is 1. The monoisotopic (exact) mass is 446 g/mol. The van der Waals surface area contributed by atoms with Crippen molar-refractivity contribution in [1.82, 2.24) is 10.2 Å². The highest BCUT2D eigenvalue weighted by atomic mass is 79.9. The number of thioether (sulfide) groups is 1. The third kappa shape index (κ3) is 5.68. The zero-order chi connectivity index (χ0) is 19.2. The average Bonchev–Trinajstić information content (AvgIpc) is 3.13. The number of ketones is 1. The number of rotatable bonds is 8. The average molecular weight is 447 g/mol. The quantitative estimate of drug-likeness (QED) is 0.335. The van der Waals surface area contributed by atoms with Crippen LogP contribution in [0.2, 0.25) is 0 Å². The first-order valence-corrected chi connectivity index (χ1v) is 10.3. The van der Waals surface area contributed by atoms with E-state index in [4.69, 9.17) is 9.15 Å². The van der Waals surface area contributed by atoms with Gasteiger partial charge in [0.25, 0.3) is 11.1 Å². The van der Waals surface area contributed by atoms with Crippen molar-refractivity contribution < 1.29 is 13.9 Å². The van der Waals surface area contributed by atoms with Crippen LogP contribution in [0.25, 0.3) is 0 Å². The van der Waals surface area contributed by atoms with E-state index in [0.717, 1.165) is 10.2 Å². The second-order valence-electron chi connectivity index (χ2n) is 6.19. The summed E-state index contributed by atoms with van der Waals surface area (Å²) in [6.07, 6.45) is 0. The molecule has 0 saturated heterocycles. The summed E-state index contributed by atoms with van der Waals surface area (Å²) in [6, 6.07) is 15.2. The molecule has 0 unspecified atom stereocenters. The van der Waals surface area contributed by atoms with Gasteiger partial charge in [0.2, 0.25) is 0 Å². The van der Waals surface area contributed by atoms with Gasteiger partial charge in [0.05, 0.1) is 5.75 Å². The van der Waals surface area contributed by atoms with Crippen LogP contribution in [0.5, 0.6) is 5.75 Å². The van der Waals surface area contributed by atoms with Gasteiger partial charge in [-0.2, -0.15) is 0 Å². The first kappa shape index (κ1) is 19.6. The van der Waals surface area contributed by atoms with Crippen molar-refractivity contribution in [2.75, 3.05) is 5.75 Å². The van der Waals surface area contributed by atoms with Crippen LogP contribution in [-0.4, -0.2) is 21.7 Å². The molecule has 0 saturated carbocycles. The Bertz CT molecular complexity index is 892. The molecule has 0 radical (unpaired) electrons. The molecule has 3 rings (SSSR count). The largest absolute Gasteiger partial charge is 0.484 e. The second-order valence-corrected chi connectivity index (χ2v) is 8.04. The highest BCUT2D eigenvalue weighted by molar-refractivity contribution is 9.10. The van der Waals surface area contributed by atoms with Gasteiger partial charge in [0.15, 0.2) is 12.4 Å². The first-order chi connectivity index (χ1) is 13.0. The third-order valence-electron chi connectivity index (χ3n) is 3.85. The van der Waals surface area contributed by atoms with Gasteiger partial charge < -0.3 is 9.15 Å². The van der Waals surface area contributed by atoms with Gasteiger partial charge in [-0.25, -0.2) is 0 Å². The van der Waals surface area contributed by atoms with Crippen LogP contribution in [0.4, 0.5) is 0 Å². The Morgan fingerprint density at radius 2 is 1.81 bits per heavy atom. The molecule has 0 bridgehead atoms. The highest BCUT2D eigenvalue weighted by Crippen LogP contribution is 2.21. The Kier molecular flexibility index (Phi) is 6.68. The number of ether oxygens (including phenoxy) is 1. The fourth-order valence-corrected chi connectivity index (χ4v) is 3.23. The lowest BCUT2D eigenvalue weighted by Gasteiger charge is -2.07.